The second-order valence-corrected chi connectivity index (χ2v) is 2.43. The van der Waals surface area contributed by atoms with Gasteiger partial charge in [-0.05, 0) is 18.1 Å². The number of hydrogen-bond acceptors (Lipinski definition) is 2. The van der Waals surface area contributed by atoms with E-state index in [-0.39, 0.29) is 0 Å². The maximum atomic E-state index is 12.1. The second kappa shape index (κ2) is 4.01. The van der Waals surface area contributed by atoms with Gasteiger partial charge in [-0.3, -0.25) is 4.98 Å². The van der Waals surface area contributed by atoms with Gasteiger partial charge >= 0.3 is 6.18 Å². The molecule has 1 N–H and O–H groups in total. The molecule has 0 bridgehead atoms. The predicted octanol–water partition coefficient (Wildman–Crippen LogP) is 1.63. The zero-order valence-electron chi connectivity index (χ0n) is 7.31. The zero-order valence-corrected chi connectivity index (χ0v) is 7.31. The van der Waals surface area contributed by atoms with E-state index in [0.29, 0.717) is 5.56 Å². The third-order valence-electron chi connectivity index (χ3n) is 1.39. The van der Waals surface area contributed by atoms with Crippen molar-refractivity contribution in [3.8, 4) is 12.0 Å². The van der Waals surface area contributed by atoms with Gasteiger partial charge in [0.05, 0.1) is 0 Å². The Bertz CT molecular complexity index is 356. The van der Waals surface area contributed by atoms with Crippen molar-refractivity contribution in [2.24, 2.45) is 0 Å². The second-order valence-electron chi connectivity index (χ2n) is 2.43. The van der Waals surface area contributed by atoms with Crippen LogP contribution in [0.4, 0.5) is 13.2 Å². The van der Waals surface area contributed by atoms with Crippen molar-refractivity contribution in [2.75, 3.05) is 7.05 Å². The van der Waals surface area contributed by atoms with Crippen molar-refractivity contribution >= 4 is 0 Å². The van der Waals surface area contributed by atoms with Gasteiger partial charge in [0.15, 0.2) is 0 Å². The molecule has 0 radical (unpaired) electrons. The first-order chi connectivity index (χ1) is 6.54. The number of alkyl halides is 3. The number of aromatic nitrogens is 1. The standard InChI is InChI=1S/C9H7F3N2/c1-13-5-4-7-2-3-8(14-6-7)9(10,11)12/h2-3,6,13H,1H3. The molecule has 0 atom stereocenters. The van der Waals surface area contributed by atoms with Crippen LogP contribution in [0.15, 0.2) is 18.3 Å². The highest BCUT2D eigenvalue weighted by atomic mass is 19.4. The molecule has 0 aliphatic carbocycles. The van der Waals surface area contributed by atoms with Crippen molar-refractivity contribution in [2.45, 2.75) is 6.18 Å². The zero-order chi connectivity index (χ0) is 10.6. The Balaban J connectivity index is 2.89. The molecule has 0 saturated heterocycles. The Kier molecular flexibility index (Phi) is 2.97. The molecular formula is C9H7F3N2. The molecule has 0 aromatic carbocycles. The summed E-state index contributed by atoms with van der Waals surface area (Å²) >= 11 is 0. The molecule has 2 nitrogen and oxygen atoms in total. The molecular weight excluding hydrogens is 193 g/mol. The topological polar surface area (TPSA) is 24.9 Å². The molecule has 1 heterocycles. The average molecular weight is 200 g/mol. The minimum absolute atomic E-state index is 0.437. The molecule has 0 aliphatic rings. The van der Waals surface area contributed by atoms with Crippen LogP contribution in [0.1, 0.15) is 11.3 Å². The molecule has 14 heavy (non-hydrogen) atoms. The minimum atomic E-state index is -4.39. The van der Waals surface area contributed by atoms with Gasteiger partial charge in [-0.15, -0.1) is 0 Å². The summed E-state index contributed by atoms with van der Waals surface area (Å²) in [5, 5.41) is 2.55. The fraction of sp³-hybridized carbons (Fsp3) is 0.222. The van der Waals surface area contributed by atoms with Gasteiger partial charge in [-0.2, -0.15) is 13.2 Å². The highest BCUT2D eigenvalue weighted by Gasteiger charge is 2.31. The smallest absolute Gasteiger partial charge is 0.349 e. The third-order valence-corrected chi connectivity index (χ3v) is 1.39. The van der Waals surface area contributed by atoms with E-state index in [1.165, 1.54) is 6.07 Å². The van der Waals surface area contributed by atoms with Crippen molar-refractivity contribution in [1.82, 2.24) is 10.3 Å². The summed E-state index contributed by atoms with van der Waals surface area (Å²) in [6.45, 7) is 0. The summed E-state index contributed by atoms with van der Waals surface area (Å²) < 4.78 is 36.2. The highest BCUT2D eigenvalue weighted by molar-refractivity contribution is 5.32. The monoisotopic (exact) mass is 200 g/mol. The predicted molar refractivity (Wildman–Crippen MR) is 45.2 cm³/mol. The van der Waals surface area contributed by atoms with Crippen molar-refractivity contribution in [1.29, 1.82) is 0 Å². The summed E-state index contributed by atoms with van der Waals surface area (Å²) in [6, 6.07) is 4.68. The van der Waals surface area contributed by atoms with E-state index < -0.39 is 11.9 Å². The van der Waals surface area contributed by atoms with E-state index in [4.69, 9.17) is 0 Å². The van der Waals surface area contributed by atoms with Gasteiger partial charge in [0.2, 0.25) is 0 Å². The summed E-state index contributed by atoms with van der Waals surface area (Å²) in [7, 11) is 1.62. The first-order valence-corrected chi connectivity index (χ1v) is 3.75. The molecule has 74 valence electrons. The highest BCUT2D eigenvalue weighted by Crippen LogP contribution is 2.26. The van der Waals surface area contributed by atoms with Gasteiger partial charge < -0.3 is 5.32 Å². The molecule has 0 fully saturated rings. The van der Waals surface area contributed by atoms with Gasteiger partial charge in [-0.25, -0.2) is 0 Å². The van der Waals surface area contributed by atoms with Crippen LogP contribution < -0.4 is 5.32 Å². The molecule has 1 rings (SSSR count). The quantitative estimate of drug-likeness (QED) is 0.508. The third kappa shape index (κ3) is 2.66. The Hall–Kier alpha value is -1.70. The number of hydrogen-bond donors (Lipinski definition) is 1. The number of halogens is 3. The van der Waals surface area contributed by atoms with Gasteiger partial charge in [-0.1, -0.05) is 0 Å². The SMILES string of the molecule is CNC#Cc1ccc(C(F)(F)F)nc1. The molecule has 0 unspecified atom stereocenters. The van der Waals surface area contributed by atoms with E-state index in [9.17, 15) is 13.2 Å². The molecule has 0 saturated carbocycles. The maximum Gasteiger partial charge on any atom is 0.433 e. The van der Waals surface area contributed by atoms with Gasteiger partial charge in [0.1, 0.15) is 5.69 Å². The Morgan fingerprint density at radius 2 is 2.07 bits per heavy atom. The van der Waals surface area contributed by atoms with E-state index in [1.807, 2.05) is 0 Å². The number of nitrogens with zero attached hydrogens (tertiary/aromatic N) is 1. The molecule has 5 heteroatoms. The number of rotatable bonds is 0. The maximum absolute atomic E-state index is 12.1. The lowest BCUT2D eigenvalue weighted by atomic mass is 10.2. The Morgan fingerprint density at radius 3 is 2.50 bits per heavy atom. The molecule has 0 spiro atoms. The molecule has 0 amide bonds. The largest absolute Gasteiger partial charge is 0.433 e. The van der Waals surface area contributed by atoms with E-state index >= 15 is 0 Å². The summed E-state index contributed by atoms with van der Waals surface area (Å²) in [4.78, 5) is 3.25. The van der Waals surface area contributed by atoms with Gasteiger partial charge in [0, 0.05) is 24.9 Å². The van der Waals surface area contributed by atoms with Crippen LogP contribution >= 0.6 is 0 Å². The normalized spacial score (nSPS) is 10.3. The van der Waals surface area contributed by atoms with Crippen LogP contribution in [0.5, 0.6) is 0 Å². The van der Waals surface area contributed by atoms with Crippen molar-refractivity contribution in [3.05, 3.63) is 29.6 Å². The Labute approximate surface area is 79.2 Å². The van der Waals surface area contributed by atoms with Crippen molar-refractivity contribution in [3.63, 3.8) is 0 Å². The molecule has 1 aromatic heterocycles. The van der Waals surface area contributed by atoms with Crippen LogP contribution in [0, 0.1) is 12.0 Å². The first-order valence-electron chi connectivity index (χ1n) is 3.75. The van der Waals surface area contributed by atoms with Gasteiger partial charge in [0.25, 0.3) is 0 Å². The van der Waals surface area contributed by atoms with Crippen LogP contribution in [0.3, 0.4) is 0 Å². The van der Waals surface area contributed by atoms with E-state index in [1.54, 1.807) is 7.05 Å². The first kappa shape index (κ1) is 10.4. The lowest BCUT2D eigenvalue weighted by molar-refractivity contribution is -0.141. The van der Waals surface area contributed by atoms with Crippen LogP contribution in [0.25, 0.3) is 0 Å². The lowest BCUT2D eigenvalue weighted by Gasteiger charge is -2.03. The molecule has 1 aromatic rings. The van der Waals surface area contributed by atoms with E-state index in [0.717, 1.165) is 12.3 Å². The minimum Gasteiger partial charge on any atom is -0.349 e. The van der Waals surface area contributed by atoms with Crippen LogP contribution in [-0.2, 0) is 6.18 Å². The van der Waals surface area contributed by atoms with Crippen LogP contribution in [-0.4, -0.2) is 12.0 Å². The summed E-state index contributed by atoms with van der Waals surface area (Å²) in [6.07, 6.45) is -3.30. The van der Waals surface area contributed by atoms with Crippen molar-refractivity contribution < 1.29 is 13.2 Å². The number of pyridine rings is 1. The van der Waals surface area contributed by atoms with Crippen LogP contribution in [0.2, 0.25) is 0 Å². The van der Waals surface area contributed by atoms with E-state index in [2.05, 4.69) is 22.3 Å². The fourth-order valence-electron chi connectivity index (χ4n) is 0.770. The fourth-order valence-corrected chi connectivity index (χ4v) is 0.770. The summed E-state index contributed by atoms with van der Waals surface area (Å²) in [5.74, 6) is 2.58. The number of nitrogens with one attached hydrogen (secondary N) is 1. The summed E-state index contributed by atoms with van der Waals surface area (Å²) in [5.41, 5.74) is -0.472. The molecule has 0 aliphatic heterocycles. The lowest BCUT2D eigenvalue weighted by Crippen LogP contribution is -2.07. The average Bonchev–Trinajstić information content (AvgIpc) is 2.14. The Morgan fingerprint density at radius 1 is 1.36 bits per heavy atom.